The second-order valence-corrected chi connectivity index (χ2v) is 15.2. The van der Waals surface area contributed by atoms with E-state index >= 15 is 0 Å². The van der Waals surface area contributed by atoms with Gasteiger partial charge < -0.3 is 19.3 Å². The number of ether oxygens (including phenoxy) is 2. The Morgan fingerprint density at radius 3 is 1.38 bits per heavy atom. The van der Waals surface area contributed by atoms with E-state index in [1.54, 1.807) is 0 Å². The lowest BCUT2D eigenvalue weighted by Crippen LogP contribution is -2.29. The Balaban J connectivity index is 4.00. The van der Waals surface area contributed by atoms with E-state index in [4.69, 9.17) is 19.3 Å². The van der Waals surface area contributed by atoms with Crippen molar-refractivity contribution in [2.24, 2.45) is 0 Å². The fraction of sp³-hybridized carbons (Fsp3) is 0.767. The van der Waals surface area contributed by atoms with Crippen LogP contribution in [-0.2, 0) is 28.2 Å². The first-order chi connectivity index (χ1) is 25.3. The smallest absolute Gasteiger partial charge is 0.462 e. The molecule has 2 N–H and O–H groups in total. The largest absolute Gasteiger partial charge is 0.469 e. The third-order valence-corrected chi connectivity index (χ3v) is 9.31. The number of allylic oxidation sites excluding steroid dienone is 8. The van der Waals surface area contributed by atoms with Crippen LogP contribution in [0.25, 0.3) is 0 Å². The molecule has 0 aliphatic heterocycles. The van der Waals surface area contributed by atoms with Crippen LogP contribution in [0.4, 0.5) is 0 Å². The van der Waals surface area contributed by atoms with Crippen LogP contribution in [0.2, 0.25) is 0 Å². The highest BCUT2D eigenvalue weighted by Crippen LogP contribution is 2.36. The molecule has 0 heterocycles. The molecule has 0 rings (SSSR count). The van der Waals surface area contributed by atoms with E-state index in [9.17, 15) is 14.2 Å². The van der Waals surface area contributed by atoms with Crippen molar-refractivity contribution in [1.82, 2.24) is 0 Å². The van der Waals surface area contributed by atoms with Crippen molar-refractivity contribution in [3.63, 3.8) is 0 Å². The van der Waals surface area contributed by atoms with Crippen molar-refractivity contribution in [2.75, 3.05) is 13.2 Å². The highest BCUT2D eigenvalue weighted by molar-refractivity contribution is 7.46. The summed E-state index contributed by atoms with van der Waals surface area (Å²) in [5.41, 5.74) is 0. The van der Waals surface area contributed by atoms with Gasteiger partial charge in [0, 0.05) is 12.8 Å². The van der Waals surface area contributed by atoms with Crippen LogP contribution in [0.1, 0.15) is 194 Å². The Morgan fingerprint density at radius 2 is 0.885 bits per heavy atom. The van der Waals surface area contributed by atoms with Crippen molar-refractivity contribution >= 4 is 19.8 Å². The topological polar surface area (TPSA) is 119 Å². The average Bonchev–Trinajstić information content (AvgIpc) is 3.11. The molecular formula is C43H77O8P. The summed E-state index contributed by atoms with van der Waals surface area (Å²) in [6.07, 6.45) is 46.9. The standard InChI is InChI=1S/C43H77O8P/c1-3-5-7-9-11-13-15-17-19-21-23-25-27-29-31-33-35-37-42(44)49-39-41(40-50-52(46,47)48)51-43(45)38-36-34-32-30-28-26-24-22-20-18-16-14-12-10-8-6-4-2/h13,15,18,20,24,26,30,32,41H,3-12,14,16-17,19,21-23,25,27-29,31,33-40H2,1-2H3,(H2,46,47,48)/b15-13+,20-18+,26-24+,32-30+/t41-/m1/s1. The summed E-state index contributed by atoms with van der Waals surface area (Å²) < 4.78 is 26.3. The van der Waals surface area contributed by atoms with E-state index in [1.807, 2.05) is 6.08 Å². The van der Waals surface area contributed by atoms with Crippen LogP contribution in [-0.4, -0.2) is 41.0 Å². The molecule has 0 saturated heterocycles. The predicted octanol–water partition coefficient (Wildman–Crippen LogP) is 12.7. The van der Waals surface area contributed by atoms with Gasteiger partial charge in [0.1, 0.15) is 6.61 Å². The number of rotatable bonds is 38. The monoisotopic (exact) mass is 753 g/mol. The molecule has 0 aromatic heterocycles. The lowest BCUT2D eigenvalue weighted by Gasteiger charge is -2.18. The summed E-state index contributed by atoms with van der Waals surface area (Å²) in [4.78, 5) is 42.8. The number of phosphoric acid groups is 1. The first-order valence-electron chi connectivity index (χ1n) is 20.9. The Morgan fingerprint density at radius 1 is 0.500 bits per heavy atom. The molecule has 9 heteroatoms. The summed E-state index contributed by atoms with van der Waals surface area (Å²) in [5, 5.41) is 0. The minimum atomic E-state index is -4.77. The third-order valence-electron chi connectivity index (χ3n) is 8.82. The SMILES string of the molecule is CCCCCC/C=C/CCCCCCCCCCCC(=O)OC[C@H](COP(=O)(O)O)OC(=O)CCC/C=C/C/C=C/C/C=C/CCCCCCCC. The van der Waals surface area contributed by atoms with Gasteiger partial charge in [0.05, 0.1) is 6.61 Å². The van der Waals surface area contributed by atoms with Crippen LogP contribution in [0, 0.1) is 0 Å². The number of phosphoric ester groups is 1. The van der Waals surface area contributed by atoms with Crippen molar-refractivity contribution in [3.05, 3.63) is 48.6 Å². The van der Waals surface area contributed by atoms with E-state index in [0.29, 0.717) is 19.3 Å². The summed E-state index contributed by atoms with van der Waals surface area (Å²) >= 11 is 0. The molecule has 52 heavy (non-hydrogen) atoms. The van der Waals surface area contributed by atoms with Gasteiger partial charge in [0.25, 0.3) is 0 Å². The van der Waals surface area contributed by atoms with Gasteiger partial charge >= 0.3 is 19.8 Å². The minimum Gasteiger partial charge on any atom is -0.462 e. The zero-order chi connectivity index (χ0) is 38.2. The molecule has 0 amide bonds. The normalized spacial score (nSPS) is 12.9. The molecule has 302 valence electrons. The molecular weight excluding hydrogens is 675 g/mol. The number of carbonyl (C=O) groups excluding carboxylic acids is 2. The first-order valence-corrected chi connectivity index (χ1v) is 22.5. The Labute approximate surface area is 318 Å². The quantitative estimate of drug-likeness (QED) is 0.0277. The van der Waals surface area contributed by atoms with E-state index in [1.165, 1.54) is 109 Å². The van der Waals surface area contributed by atoms with Gasteiger partial charge in [-0.05, 0) is 70.6 Å². The average molecular weight is 753 g/mol. The second kappa shape index (κ2) is 38.7. The molecule has 0 bridgehead atoms. The van der Waals surface area contributed by atoms with Crippen molar-refractivity contribution in [2.45, 2.75) is 200 Å². The minimum absolute atomic E-state index is 0.139. The van der Waals surface area contributed by atoms with Crippen LogP contribution >= 0.6 is 7.82 Å². The predicted molar refractivity (Wildman–Crippen MR) is 216 cm³/mol. The number of hydrogen-bond donors (Lipinski definition) is 2. The van der Waals surface area contributed by atoms with Crippen LogP contribution in [0.3, 0.4) is 0 Å². The molecule has 0 fully saturated rings. The van der Waals surface area contributed by atoms with Gasteiger partial charge in [-0.2, -0.15) is 0 Å². The zero-order valence-electron chi connectivity index (χ0n) is 33.2. The van der Waals surface area contributed by atoms with E-state index in [-0.39, 0.29) is 19.4 Å². The van der Waals surface area contributed by atoms with Gasteiger partial charge in [-0.15, -0.1) is 0 Å². The van der Waals surface area contributed by atoms with Crippen LogP contribution < -0.4 is 0 Å². The fourth-order valence-electron chi connectivity index (χ4n) is 5.68. The van der Waals surface area contributed by atoms with E-state index < -0.39 is 32.5 Å². The summed E-state index contributed by atoms with van der Waals surface area (Å²) in [7, 11) is -4.77. The van der Waals surface area contributed by atoms with Crippen molar-refractivity contribution in [1.29, 1.82) is 0 Å². The van der Waals surface area contributed by atoms with Gasteiger partial charge in [0.2, 0.25) is 0 Å². The lowest BCUT2D eigenvalue weighted by molar-refractivity contribution is -0.161. The molecule has 0 radical (unpaired) electrons. The zero-order valence-corrected chi connectivity index (χ0v) is 34.1. The Kier molecular flexibility index (Phi) is 37.2. The van der Waals surface area contributed by atoms with Gasteiger partial charge in [-0.3, -0.25) is 14.1 Å². The first kappa shape index (κ1) is 50.0. The summed E-state index contributed by atoms with van der Waals surface area (Å²) in [6.45, 7) is 3.63. The molecule has 1 atom stereocenters. The number of carbonyl (C=O) groups is 2. The second-order valence-electron chi connectivity index (χ2n) is 14.0. The summed E-state index contributed by atoms with van der Waals surface area (Å²) in [6, 6.07) is 0. The Bertz CT molecular complexity index is 984. The van der Waals surface area contributed by atoms with Crippen LogP contribution in [0.15, 0.2) is 48.6 Å². The molecule has 0 aromatic rings. The molecule has 0 aliphatic carbocycles. The molecule has 0 saturated carbocycles. The summed E-state index contributed by atoms with van der Waals surface area (Å²) in [5.74, 6) is -0.947. The molecule has 0 aliphatic rings. The van der Waals surface area contributed by atoms with E-state index in [0.717, 1.165) is 38.5 Å². The third kappa shape index (κ3) is 40.8. The van der Waals surface area contributed by atoms with Crippen molar-refractivity contribution < 1.29 is 37.9 Å². The lowest BCUT2D eigenvalue weighted by atomic mass is 10.1. The van der Waals surface area contributed by atoms with Crippen LogP contribution in [0.5, 0.6) is 0 Å². The maximum Gasteiger partial charge on any atom is 0.469 e. The Hall–Kier alpha value is -1.99. The highest BCUT2D eigenvalue weighted by Gasteiger charge is 2.22. The molecule has 0 unspecified atom stereocenters. The number of unbranched alkanes of at least 4 members (excludes halogenated alkanes) is 20. The number of esters is 2. The molecule has 8 nitrogen and oxygen atoms in total. The fourth-order valence-corrected chi connectivity index (χ4v) is 6.04. The van der Waals surface area contributed by atoms with Gasteiger partial charge in [-0.1, -0.05) is 159 Å². The van der Waals surface area contributed by atoms with E-state index in [2.05, 4.69) is 60.9 Å². The maximum atomic E-state index is 12.4. The molecule has 0 aromatic carbocycles. The highest BCUT2D eigenvalue weighted by atomic mass is 31.2. The number of hydrogen-bond acceptors (Lipinski definition) is 6. The maximum absolute atomic E-state index is 12.4. The molecule has 0 spiro atoms. The van der Waals surface area contributed by atoms with Crippen molar-refractivity contribution in [3.8, 4) is 0 Å². The van der Waals surface area contributed by atoms with Gasteiger partial charge in [0.15, 0.2) is 6.10 Å². The van der Waals surface area contributed by atoms with Gasteiger partial charge in [-0.25, -0.2) is 4.57 Å².